The van der Waals surface area contributed by atoms with Crippen molar-refractivity contribution in [3.05, 3.63) is 58.6 Å². The zero-order valence-corrected chi connectivity index (χ0v) is 16.4. The quantitative estimate of drug-likeness (QED) is 0.508. The maximum atomic E-state index is 12.7. The summed E-state index contributed by atoms with van der Waals surface area (Å²) in [6.07, 6.45) is 0.628. The van der Waals surface area contributed by atoms with Crippen molar-refractivity contribution in [3.63, 3.8) is 0 Å². The van der Waals surface area contributed by atoms with Crippen molar-refractivity contribution in [1.82, 2.24) is 4.31 Å². The molecule has 2 aromatic carbocycles. The molecule has 5 nitrogen and oxygen atoms in total. The number of nitrogens with zero attached hydrogens (tertiary/aromatic N) is 1. The summed E-state index contributed by atoms with van der Waals surface area (Å²) in [5.41, 5.74) is 2.03. The third-order valence-electron chi connectivity index (χ3n) is 4.30. The first-order valence-electron chi connectivity index (χ1n) is 8.40. The molecule has 26 heavy (non-hydrogen) atoms. The lowest BCUT2D eigenvalue weighted by Crippen LogP contribution is -2.15. The Morgan fingerprint density at radius 1 is 1.15 bits per heavy atom. The van der Waals surface area contributed by atoms with Crippen molar-refractivity contribution < 1.29 is 17.9 Å². The molecular formula is C19H22ClNO4S. The van der Waals surface area contributed by atoms with Crippen molar-refractivity contribution >= 4 is 21.6 Å². The molecule has 0 aliphatic carbocycles. The largest absolute Gasteiger partial charge is 0.490 e. The lowest BCUT2D eigenvalue weighted by molar-refractivity contribution is 0.146. The predicted octanol–water partition coefficient (Wildman–Crippen LogP) is 3.29. The number of hydrogen-bond donors (Lipinski definition) is 0. The van der Waals surface area contributed by atoms with Crippen LogP contribution in [-0.4, -0.2) is 45.6 Å². The van der Waals surface area contributed by atoms with Gasteiger partial charge in [-0.3, -0.25) is 0 Å². The summed E-state index contributed by atoms with van der Waals surface area (Å²) < 4.78 is 37.4. The molecule has 0 spiro atoms. The molecule has 2 atom stereocenters. The van der Waals surface area contributed by atoms with Gasteiger partial charge in [-0.25, -0.2) is 8.42 Å². The Bertz CT molecular complexity index is 868. The van der Waals surface area contributed by atoms with Gasteiger partial charge in [0.05, 0.1) is 16.5 Å². The van der Waals surface area contributed by atoms with Gasteiger partial charge in [-0.15, -0.1) is 0 Å². The molecule has 140 valence electrons. The summed E-state index contributed by atoms with van der Waals surface area (Å²) >= 11 is 6.15. The lowest BCUT2D eigenvalue weighted by atomic mass is 10.1. The Hall–Kier alpha value is -1.60. The van der Waals surface area contributed by atoms with E-state index in [2.05, 4.69) is 0 Å². The van der Waals surface area contributed by atoms with E-state index in [1.165, 1.54) is 4.31 Å². The zero-order valence-electron chi connectivity index (χ0n) is 14.8. The Kier molecular flexibility index (Phi) is 5.87. The second kappa shape index (κ2) is 7.96. The van der Waals surface area contributed by atoms with Gasteiger partial charge in [0.25, 0.3) is 0 Å². The van der Waals surface area contributed by atoms with Gasteiger partial charge in [-0.2, -0.15) is 4.31 Å². The molecule has 0 N–H and O–H groups in total. The molecular weight excluding hydrogens is 374 g/mol. The average molecular weight is 396 g/mol. The van der Waals surface area contributed by atoms with Gasteiger partial charge in [0.1, 0.15) is 12.4 Å². The number of hydrogen-bond acceptors (Lipinski definition) is 4. The standard InChI is InChI=1S/C19H22ClNO4S/c1-14-3-6-17(7-4-14)26(22,23)21-13-16(21)11-15-5-8-18(20)19(12-15)25-10-9-24-2/h3-8,12,16H,9-11,13H2,1-2H3. The fraction of sp³-hybridized carbons (Fsp3) is 0.368. The van der Waals surface area contributed by atoms with Crippen LogP contribution >= 0.6 is 11.6 Å². The third-order valence-corrected chi connectivity index (χ3v) is 6.55. The second-order valence-electron chi connectivity index (χ2n) is 6.35. The minimum absolute atomic E-state index is 0.0331. The predicted molar refractivity (Wildman–Crippen MR) is 101 cm³/mol. The first-order chi connectivity index (χ1) is 12.4. The smallest absolute Gasteiger partial charge is 0.243 e. The van der Waals surface area contributed by atoms with Crippen LogP contribution in [0.4, 0.5) is 0 Å². The second-order valence-corrected chi connectivity index (χ2v) is 8.65. The van der Waals surface area contributed by atoms with E-state index in [1.807, 2.05) is 31.2 Å². The summed E-state index contributed by atoms with van der Waals surface area (Å²) in [6.45, 7) is 3.35. The van der Waals surface area contributed by atoms with Crippen LogP contribution < -0.4 is 4.74 Å². The van der Waals surface area contributed by atoms with Crippen LogP contribution in [0.2, 0.25) is 5.02 Å². The van der Waals surface area contributed by atoms with Gasteiger partial charge in [-0.1, -0.05) is 35.4 Å². The number of rotatable bonds is 8. The van der Waals surface area contributed by atoms with Gasteiger partial charge in [0, 0.05) is 19.7 Å². The van der Waals surface area contributed by atoms with Crippen molar-refractivity contribution in [1.29, 1.82) is 0 Å². The topological polar surface area (TPSA) is 55.6 Å². The van der Waals surface area contributed by atoms with Crippen LogP contribution in [0.15, 0.2) is 47.4 Å². The monoisotopic (exact) mass is 395 g/mol. The highest BCUT2D eigenvalue weighted by atomic mass is 35.5. The van der Waals surface area contributed by atoms with Crippen LogP contribution in [0.3, 0.4) is 0 Å². The van der Waals surface area contributed by atoms with E-state index in [9.17, 15) is 8.42 Å². The van der Waals surface area contributed by atoms with Gasteiger partial charge < -0.3 is 9.47 Å². The minimum atomic E-state index is -3.43. The molecule has 1 heterocycles. The molecule has 2 unspecified atom stereocenters. The Balaban J connectivity index is 1.66. The molecule has 3 rings (SSSR count). The van der Waals surface area contributed by atoms with Crippen LogP contribution in [0.25, 0.3) is 0 Å². The summed E-state index contributed by atoms with van der Waals surface area (Å²) in [5, 5.41) is 0.532. The maximum absolute atomic E-state index is 12.7. The number of benzene rings is 2. The molecule has 0 bridgehead atoms. The normalized spacial score (nSPS) is 19.3. The number of halogens is 1. The molecule has 0 aromatic heterocycles. The van der Waals surface area contributed by atoms with Crippen LogP contribution in [-0.2, 0) is 21.2 Å². The van der Waals surface area contributed by atoms with E-state index >= 15 is 0 Å². The van der Waals surface area contributed by atoms with Crippen LogP contribution in [0, 0.1) is 6.92 Å². The van der Waals surface area contributed by atoms with Crippen molar-refractivity contribution in [3.8, 4) is 5.75 Å². The maximum Gasteiger partial charge on any atom is 0.243 e. The molecule has 1 fully saturated rings. The molecule has 1 aliphatic rings. The van der Waals surface area contributed by atoms with E-state index < -0.39 is 10.0 Å². The van der Waals surface area contributed by atoms with Gasteiger partial charge in [-0.05, 0) is 43.2 Å². The first kappa shape index (κ1) is 19.2. The summed E-state index contributed by atoms with van der Waals surface area (Å²) in [5.74, 6) is 0.592. The van der Waals surface area contributed by atoms with E-state index in [-0.39, 0.29) is 6.04 Å². The van der Waals surface area contributed by atoms with Crippen LogP contribution in [0.1, 0.15) is 11.1 Å². The van der Waals surface area contributed by atoms with Crippen LogP contribution in [0.5, 0.6) is 5.75 Å². The van der Waals surface area contributed by atoms with Crippen molar-refractivity contribution in [2.75, 3.05) is 26.9 Å². The van der Waals surface area contributed by atoms with E-state index in [0.717, 1.165) is 11.1 Å². The SMILES string of the molecule is COCCOc1cc(CC2CN2S(=O)(=O)c2ccc(C)cc2)ccc1Cl. The zero-order chi connectivity index (χ0) is 18.7. The highest BCUT2D eigenvalue weighted by molar-refractivity contribution is 7.89. The number of sulfonamides is 1. The molecule has 0 radical (unpaired) electrons. The number of aryl methyl sites for hydroxylation is 1. The highest BCUT2D eigenvalue weighted by Gasteiger charge is 2.44. The number of ether oxygens (including phenoxy) is 2. The number of methoxy groups -OCH3 is 1. The lowest BCUT2D eigenvalue weighted by Gasteiger charge is -2.10. The summed E-state index contributed by atoms with van der Waals surface area (Å²) in [7, 11) is -1.82. The van der Waals surface area contributed by atoms with E-state index in [4.69, 9.17) is 21.1 Å². The molecule has 2 aromatic rings. The molecule has 7 heteroatoms. The highest BCUT2D eigenvalue weighted by Crippen LogP contribution is 2.33. The third kappa shape index (κ3) is 4.38. The Morgan fingerprint density at radius 2 is 1.88 bits per heavy atom. The van der Waals surface area contributed by atoms with E-state index in [1.54, 1.807) is 25.3 Å². The van der Waals surface area contributed by atoms with Gasteiger partial charge >= 0.3 is 0 Å². The van der Waals surface area contributed by atoms with Crippen molar-refractivity contribution in [2.45, 2.75) is 24.3 Å². The fourth-order valence-electron chi connectivity index (χ4n) is 2.76. The summed E-state index contributed by atoms with van der Waals surface area (Å²) in [4.78, 5) is 0.338. The molecule has 1 saturated heterocycles. The molecule has 1 aliphatic heterocycles. The van der Waals surface area contributed by atoms with Crippen molar-refractivity contribution in [2.24, 2.45) is 0 Å². The average Bonchev–Trinajstić information content (AvgIpc) is 3.38. The Labute approximate surface area is 159 Å². The first-order valence-corrected chi connectivity index (χ1v) is 10.2. The summed E-state index contributed by atoms with van der Waals surface area (Å²) in [6, 6.07) is 12.5. The Morgan fingerprint density at radius 3 is 2.58 bits per heavy atom. The molecule has 0 saturated carbocycles. The van der Waals surface area contributed by atoms with Gasteiger partial charge in [0.15, 0.2) is 0 Å². The molecule has 0 amide bonds. The van der Waals surface area contributed by atoms with E-state index in [0.29, 0.717) is 41.8 Å². The van der Waals surface area contributed by atoms with Gasteiger partial charge in [0.2, 0.25) is 10.0 Å². The fourth-order valence-corrected chi connectivity index (χ4v) is 4.52. The minimum Gasteiger partial charge on any atom is -0.490 e.